The summed E-state index contributed by atoms with van der Waals surface area (Å²) in [4.78, 5) is 12.0. The average Bonchev–Trinajstić information content (AvgIpc) is 3.15. The summed E-state index contributed by atoms with van der Waals surface area (Å²) in [6.07, 6.45) is 2.21. The van der Waals surface area contributed by atoms with Crippen molar-refractivity contribution in [3.05, 3.63) is 24.3 Å². The molecule has 2 aliphatic rings. The highest BCUT2D eigenvalue weighted by Gasteiger charge is 2.54. The number of sulfonamides is 1. The summed E-state index contributed by atoms with van der Waals surface area (Å²) in [5, 5.41) is 8.91. The lowest BCUT2D eigenvalue weighted by Crippen LogP contribution is -2.52. The van der Waals surface area contributed by atoms with Gasteiger partial charge in [-0.3, -0.25) is 10.0 Å². The lowest BCUT2D eigenvalue weighted by molar-refractivity contribution is -0.134. The molecule has 8 heteroatoms. The number of nitrogens with zero attached hydrogens (tertiary/aromatic N) is 1. The van der Waals surface area contributed by atoms with Gasteiger partial charge in [0.05, 0.1) is 12.0 Å². The van der Waals surface area contributed by atoms with E-state index in [-0.39, 0.29) is 16.9 Å². The van der Waals surface area contributed by atoms with Crippen molar-refractivity contribution in [2.75, 3.05) is 7.11 Å². The number of ether oxygens (including phenoxy) is 1. The Kier molecular flexibility index (Phi) is 3.84. The molecule has 22 heavy (non-hydrogen) atoms. The molecule has 1 unspecified atom stereocenters. The number of piperidine rings is 1. The van der Waals surface area contributed by atoms with Crippen LogP contribution in [0.5, 0.6) is 5.75 Å². The van der Waals surface area contributed by atoms with Crippen LogP contribution in [0, 0.1) is 5.92 Å². The molecule has 7 nitrogen and oxygen atoms in total. The summed E-state index contributed by atoms with van der Waals surface area (Å²) in [5.41, 5.74) is 1.60. The zero-order valence-corrected chi connectivity index (χ0v) is 12.9. The molecule has 1 heterocycles. The van der Waals surface area contributed by atoms with E-state index in [1.165, 1.54) is 23.5 Å². The van der Waals surface area contributed by atoms with Gasteiger partial charge >= 0.3 is 0 Å². The number of fused-ring (bicyclic) bond motifs is 2. The summed E-state index contributed by atoms with van der Waals surface area (Å²) in [6.45, 7) is 0. The van der Waals surface area contributed by atoms with Gasteiger partial charge in [0.1, 0.15) is 11.8 Å². The van der Waals surface area contributed by atoms with Crippen molar-refractivity contribution in [1.29, 1.82) is 0 Å². The van der Waals surface area contributed by atoms with E-state index in [4.69, 9.17) is 9.94 Å². The van der Waals surface area contributed by atoms with Crippen LogP contribution in [0.1, 0.15) is 19.3 Å². The van der Waals surface area contributed by atoms with E-state index in [2.05, 4.69) is 0 Å². The first-order chi connectivity index (χ1) is 10.5. The Morgan fingerprint density at radius 1 is 1.32 bits per heavy atom. The first-order valence-electron chi connectivity index (χ1n) is 7.10. The predicted molar refractivity (Wildman–Crippen MR) is 76.9 cm³/mol. The molecule has 1 aromatic carbocycles. The Hall–Kier alpha value is -1.64. The Morgan fingerprint density at radius 2 is 2.00 bits per heavy atom. The van der Waals surface area contributed by atoms with Crippen LogP contribution in [-0.4, -0.2) is 43.0 Å². The highest BCUT2D eigenvalue weighted by molar-refractivity contribution is 7.89. The molecule has 2 fully saturated rings. The van der Waals surface area contributed by atoms with Gasteiger partial charge in [0, 0.05) is 6.04 Å². The van der Waals surface area contributed by atoms with E-state index in [1.54, 1.807) is 17.6 Å². The van der Waals surface area contributed by atoms with Crippen LogP contribution < -0.4 is 10.2 Å². The number of hydroxylamine groups is 1. The largest absolute Gasteiger partial charge is 0.497 e. The minimum Gasteiger partial charge on any atom is -0.497 e. The third-order valence-electron chi connectivity index (χ3n) is 4.54. The molecule has 0 aromatic heterocycles. The van der Waals surface area contributed by atoms with E-state index in [1.807, 2.05) is 0 Å². The van der Waals surface area contributed by atoms with E-state index in [0.717, 1.165) is 12.8 Å². The molecule has 1 saturated heterocycles. The number of nitrogens with one attached hydrogen (secondary N) is 1. The Morgan fingerprint density at radius 3 is 2.59 bits per heavy atom. The monoisotopic (exact) mass is 326 g/mol. The quantitative estimate of drug-likeness (QED) is 0.628. The van der Waals surface area contributed by atoms with Gasteiger partial charge in [-0.2, -0.15) is 4.31 Å². The summed E-state index contributed by atoms with van der Waals surface area (Å²) >= 11 is 0. The molecule has 3 rings (SSSR count). The number of amides is 1. The van der Waals surface area contributed by atoms with Crippen molar-refractivity contribution in [1.82, 2.24) is 9.79 Å². The molecular weight excluding hydrogens is 308 g/mol. The molecule has 0 radical (unpaired) electrons. The second kappa shape index (κ2) is 5.53. The van der Waals surface area contributed by atoms with Crippen LogP contribution in [0.15, 0.2) is 29.2 Å². The summed E-state index contributed by atoms with van der Waals surface area (Å²) in [7, 11) is -2.29. The number of rotatable bonds is 4. The molecule has 0 spiro atoms. The van der Waals surface area contributed by atoms with Crippen molar-refractivity contribution in [3.8, 4) is 5.75 Å². The smallest absolute Gasteiger partial charge is 0.262 e. The van der Waals surface area contributed by atoms with Crippen LogP contribution in [-0.2, 0) is 14.8 Å². The zero-order chi connectivity index (χ0) is 15.9. The fraction of sp³-hybridized carbons (Fsp3) is 0.500. The van der Waals surface area contributed by atoms with Gasteiger partial charge in [-0.05, 0) is 49.4 Å². The van der Waals surface area contributed by atoms with Gasteiger partial charge in [-0.15, -0.1) is 0 Å². The van der Waals surface area contributed by atoms with Crippen LogP contribution in [0.4, 0.5) is 0 Å². The van der Waals surface area contributed by atoms with Crippen LogP contribution >= 0.6 is 0 Å². The fourth-order valence-electron chi connectivity index (χ4n) is 3.56. The van der Waals surface area contributed by atoms with Gasteiger partial charge in [-0.25, -0.2) is 13.9 Å². The maximum absolute atomic E-state index is 12.9. The van der Waals surface area contributed by atoms with Gasteiger partial charge in [-0.1, -0.05) is 0 Å². The van der Waals surface area contributed by atoms with Crippen molar-refractivity contribution >= 4 is 15.9 Å². The van der Waals surface area contributed by atoms with Crippen LogP contribution in [0.3, 0.4) is 0 Å². The first-order valence-corrected chi connectivity index (χ1v) is 8.54. The number of methoxy groups -OCH3 is 1. The molecule has 1 aliphatic heterocycles. The molecular formula is C14H18N2O5S. The van der Waals surface area contributed by atoms with E-state index in [0.29, 0.717) is 12.2 Å². The fourth-order valence-corrected chi connectivity index (χ4v) is 5.43. The maximum Gasteiger partial charge on any atom is 0.262 e. The molecule has 1 amide bonds. The van der Waals surface area contributed by atoms with Crippen molar-refractivity contribution in [2.24, 2.45) is 5.92 Å². The predicted octanol–water partition coefficient (Wildman–Crippen LogP) is 0.742. The summed E-state index contributed by atoms with van der Waals surface area (Å²) in [5.74, 6) is -0.138. The topological polar surface area (TPSA) is 95.9 Å². The molecule has 2 N–H and O–H groups in total. The third-order valence-corrected chi connectivity index (χ3v) is 6.49. The number of carbonyl (C=O) groups excluding carboxylic acids is 1. The molecule has 1 saturated carbocycles. The SMILES string of the molecule is COc1ccc(S(=O)(=O)N2[C@H]3CCC(C3)[C@@H]2C(=O)NO)cc1. The maximum atomic E-state index is 12.9. The van der Waals surface area contributed by atoms with Crippen LogP contribution in [0.2, 0.25) is 0 Å². The van der Waals surface area contributed by atoms with Crippen molar-refractivity contribution in [2.45, 2.75) is 36.2 Å². The normalized spacial score (nSPS) is 27.8. The lowest BCUT2D eigenvalue weighted by Gasteiger charge is -2.32. The average molecular weight is 326 g/mol. The second-order valence-electron chi connectivity index (χ2n) is 5.66. The summed E-state index contributed by atoms with van der Waals surface area (Å²) in [6, 6.07) is 5.06. The van der Waals surface area contributed by atoms with E-state index < -0.39 is 22.0 Å². The Balaban J connectivity index is 1.97. The van der Waals surface area contributed by atoms with Crippen molar-refractivity contribution in [3.63, 3.8) is 0 Å². The molecule has 120 valence electrons. The molecule has 2 bridgehead atoms. The minimum atomic E-state index is -3.79. The van der Waals surface area contributed by atoms with Crippen LogP contribution in [0.25, 0.3) is 0 Å². The first kappa shape index (κ1) is 15.3. The standard InChI is InChI=1S/C14H18N2O5S/c1-21-11-4-6-12(7-5-11)22(19,20)16-10-3-2-9(8-10)13(16)14(17)15-18/h4-7,9-10,13,18H,2-3,8H2,1H3,(H,15,17)/t9?,10-,13+/m0/s1. The highest BCUT2D eigenvalue weighted by atomic mass is 32.2. The molecule has 1 aliphatic carbocycles. The number of carbonyl (C=O) groups is 1. The number of hydrogen-bond donors (Lipinski definition) is 2. The Labute approximate surface area is 128 Å². The highest BCUT2D eigenvalue weighted by Crippen LogP contribution is 2.45. The zero-order valence-electron chi connectivity index (χ0n) is 12.1. The molecule has 1 aromatic rings. The van der Waals surface area contributed by atoms with Gasteiger partial charge in [0.2, 0.25) is 10.0 Å². The second-order valence-corrected chi connectivity index (χ2v) is 7.50. The van der Waals surface area contributed by atoms with Gasteiger partial charge < -0.3 is 4.74 Å². The van der Waals surface area contributed by atoms with E-state index in [9.17, 15) is 13.2 Å². The Bertz CT molecular complexity index is 673. The van der Waals surface area contributed by atoms with Gasteiger partial charge in [0.25, 0.3) is 5.91 Å². The van der Waals surface area contributed by atoms with Crippen molar-refractivity contribution < 1.29 is 23.2 Å². The summed E-state index contributed by atoms with van der Waals surface area (Å²) < 4.78 is 32.0. The number of hydrogen-bond acceptors (Lipinski definition) is 5. The third kappa shape index (κ3) is 2.27. The lowest BCUT2D eigenvalue weighted by atomic mass is 10.00. The van der Waals surface area contributed by atoms with E-state index >= 15 is 0 Å². The molecule has 3 atom stereocenters. The van der Waals surface area contributed by atoms with Gasteiger partial charge in [0.15, 0.2) is 0 Å². The number of benzene rings is 1. The minimum absolute atomic E-state index is 0.0369.